The zero-order valence-electron chi connectivity index (χ0n) is 12.3. The fraction of sp³-hybridized carbons (Fsp3) is 0.600. The maximum Gasteiger partial charge on any atom is 0.126 e. The first-order valence-electron chi connectivity index (χ1n) is 6.81. The maximum atomic E-state index is 6.45. The zero-order valence-corrected chi connectivity index (χ0v) is 13.0. The lowest BCUT2D eigenvalue weighted by atomic mass is 9.98. The molecule has 1 aliphatic heterocycles. The molecular weight excluding hydrogens is 260 g/mol. The minimum atomic E-state index is 0.878. The van der Waals surface area contributed by atoms with E-state index in [4.69, 9.17) is 16.3 Å². The minimum absolute atomic E-state index is 0.878. The molecule has 1 saturated heterocycles. The number of hydrogen-bond acceptors (Lipinski definition) is 3. The minimum Gasteiger partial charge on any atom is -0.496 e. The zero-order chi connectivity index (χ0) is 14.0. The second-order valence-corrected chi connectivity index (χ2v) is 5.60. The van der Waals surface area contributed by atoms with Crippen LogP contribution >= 0.6 is 11.6 Å². The van der Waals surface area contributed by atoms with Crippen molar-refractivity contribution in [2.24, 2.45) is 0 Å². The van der Waals surface area contributed by atoms with Gasteiger partial charge in [0.25, 0.3) is 0 Å². The van der Waals surface area contributed by atoms with Gasteiger partial charge in [-0.15, -0.1) is 0 Å². The molecule has 0 aliphatic carbocycles. The summed E-state index contributed by atoms with van der Waals surface area (Å²) in [6.45, 7) is 11.4. The number of rotatable bonds is 3. The van der Waals surface area contributed by atoms with Gasteiger partial charge in [0.1, 0.15) is 5.75 Å². The number of ether oxygens (including phenoxy) is 1. The highest BCUT2D eigenvalue weighted by atomic mass is 35.5. The van der Waals surface area contributed by atoms with Crippen LogP contribution in [0.5, 0.6) is 5.75 Å². The van der Waals surface area contributed by atoms with Crippen LogP contribution in [-0.4, -0.2) is 38.2 Å². The average Bonchev–Trinajstić information content (AvgIpc) is 2.44. The summed E-state index contributed by atoms with van der Waals surface area (Å²) < 4.78 is 5.63. The first kappa shape index (κ1) is 14.6. The molecule has 3 nitrogen and oxygen atoms in total. The molecule has 1 heterocycles. The molecule has 0 amide bonds. The van der Waals surface area contributed by atoms with E-state index in [2.05, 4.69) is 31.0 Å². The molecule has 0 saturated carbocycles. The first-order chi connectivity index (χ1) is 9.06. The van der Waals surface area contributed by atoms with E-state index in [1.807, 2.05) is 0 Å². The number of hydrogen-bond donors (Lipinski definition) is 1. The molecule has 0 spiro atoms. The fourth-order valence-electron chi connectivity index (χ4n) is 2.70. The Morgan fingerprint density at radius 3 is 2.32 bits per heavy atom. The second kappa shape index (κ2) is 6.12. The van der Waals surface area contributed by atoms with Gasteiger partial charge in [-0.05, 0) is 37.5 Å². The van der Waals surface area contributed by atoms with Crippen molar-refractivity contribution in [3.63, 3.8) is 0 Å². The summed E-state index contributed by atoms with van der Waals surface area (Å²) in [5, 5.41) is 4.25. The van der Waals surface area contributed by atoms with Gasteiger partial charge in [-0.25, -0.2) is 0 Å². The van der Waals surface area contributed by atoms with Crippen LogP contribution in [0, 0.1) is 20.8 Å². The van der Waals surface area contributed by atoms with E-state index in [1.54, 1.807) is 7.11 Å². The van der Waals surface area contributed by atoms with Gasteiger partial charge in [-0.2, -0.15) is 0 Å². The molecule has 1 aromatic rings. The van der Waals surface area contributed by atoms with Crippen molar-refractivity contribution in [3.8, 4) is 5.75 Å². The molecule has 1 aliphatic rings. The van der Waals surface area contributed by atoms with E-state index in [0.717, 1.165) is 60.2 Å². The topological polar surface area (TPSA) is 24.5 Å². The lowest BCUT2D eigenvalue weighted by Crippen LogP contribution is -2.43. The summed E-state index contributed by atoms with van der Waals surface area (Å²) in [6, 6.07) is 0. The Balaban J connectivity index is 2.37. The van der Waals surface area contributed by atoms with Crippen molar-refractivity contribution in [2.45, 2.75) is 27.3 Å². The monoisotopic (exact) mass is 282 g/mol. The number of piperazine rings is 1. The quantitative estimate of drug-likeness (QED) is 0.922. The summed E-state index contributed by atoms with van der Waals surface area (Å²) in [7, 11) is 1.75. The second-order valence-electron chi connectivity index (χ2n) is 5.23. The molecule has 0 radical (unpaired) electrons. The summed E-state index contributed by atoms with van der Waals surface area (Å²) in [5.41, 5.74) is 4.67. The lowest BCUT2D eigenvalue weighted by Gasteiger charge is -2.29. The Kier molecular flexibility index (Phi) is 4.71. The molecule has 19 heavy (non-hydrogen) atoms. The highest BCUT2D eigenvalue weighted by Crippen LogP contribution is 2.36. The van der Waals surface area contributed by atoms with Gasteiger partial charge >= 0.3 is 0 Å². The van der Waals surface area contributed by atoms with Gasteiger partial charge in [-0.1, -0.05) is 11.6 Å². The van der Waals surface area contributed by atoms with Crippen molar-refractivity contribution in [2.75, 3.05) is 33.3 Å². The Hall–Kier alpha value is -0.770. The maximum absolute atomic E-state index is 6.45. The molecule has 0 aromatic heterocycles. The summed E-state index contributed by atoms with van der Waals surface area (Å²) in [4.78, 5) is 2.45. The van der Waals surface area contributed by atoms with Crippen LogP contribution in [0.4, 0.5) is 0 Å². The predicted molar refractivity (Wildman–Crippen MR) is 80.4 cm³/mol. The number of benzene rings is 1. The van der Waals surface area contributed by atoms with Gasteiger partial charge in [0.15, 0.2) is 0 Å². The molecule has 0 unspecified atom stereocenters. The van der Waals surface area contributed by atoms with Crippen molar-refractivity contribution in [3.05, 3.63) is 27.3 Å². The molecule has 1 N–H and O–H groups in total. The molecular formula is C15H23ClN2O. The summed E-state index contributed by atoms with van der Waals surface area (Å²) >= 11 is 6.45. The van der Waals surface area contributed by atoms with Gasteiger partial charge in [0, 0.05) is 43.3 Å². The predicted octanol–water partition coefficient (Wildman–Crippen LogP) is 2.68. The van der Waals surface area contributed by atoms with Gasteiger partial charge < -0.3 is 10.1 Å². The molecule has 1 aromatic carbocycles. The van der Waals surface area contributed by atoms with Crippen LogP contribution < -0.4 is 10.1 Å². The standard InChI is InChI=1S/C15H23ClN2O/c1-10-11(2)15(19-4)13(12(3)14(10)16)9-18-7-5-17-6-8-18/h17H,5-9H2,1-4H3. The highest BCUT2D eigenvalue weighted by Gasteiger charge is 2.20. The third-order valence-electron chi connectivity index (χ3n) is 4.08. The third-order valence-corrected chi connectivity index (χ3v) is 4.65. The van der Waals surface area contributed by atoms with Crippen LogP contribution in [-0.2, 0) is 6.54 Å². The van der Waals surface area contributed by atoms with Crippen LogP contribution in [0.3, 0.4) is 0 Å². The largest absolute Gasteiger partial charge is 0.496 e. The van der Waals surface area contributed by atoms with Gasteiger partial charge in [0.2, 0.25) is 0 Å². The van der Waals surface area contributed by atoms with Crippen molar-refractivity contribution < 1.29 is 4.74 Å². The summed E-state index contributed by atoms with van der Waals surface area (Å²) in [6.07, 6.45) is 0. The normalized spacial score (nSPS) is 16.7. The number of nitrogens with zero attached hydrogens (tertiary/aromatic N) is 1. The Bertz CT molecular complexity index is 468. The van der Waals surface area contributed by atoms with E-state index < -0.39 is 0 Å². The van der Waals surface area contributed by atoms with Crippen molar-refractivity contribution in [1.29, 1.82) is 0 Å². The smallest absolute Gasteiger partial charge is 0.126 e. The van der Waals surface area contributed by atoms with E-state index in [9.17, 15) is 0 Å². The average molecular weight is 283 g/mol. The Morgan fingerprint density at radius 1 is 1.11 bits per heavy atom. The van der Waals surface area contributed by atoms with Crippen LogP contribution in [0.25, 0.3) is 0 Å². The third kappa shape index (κ3) is 2.88. The Labute approximate surface area is 120 Å². The van der Waals surface area contributed by atoms with Crippen molar-refractivity contribution >= 4 is 11.6 Å². The molecule has 1 fully saturated rings. The van der Waals surface area contributed by atoms with E-state index in [-0.39, 0.29) is 0 Å². The molecule has 0 atom stereocenters. The van der Waals surface area contributed by atoms with Crippen LogP contribution in [0.15, 0.2) is 0 Å². The van der Waals surface area contributed by atoms with Crippen molar-refractivity contribution in [1.82, 2.24) is 10.2 Å². The summed E-state index contributed by atoms with van der Waals surface area (Å²) in [5.74, 6) is 0.998. The number of methoxy groups -OCH3 is 1. The van der Waals surface area contributed by atoms with Crippen LogP contribution in [0.2, 0.25) is 5.02 Å². The lowest BCUT2D eigenvalue weighted by molar-refractivity contribution is 0.229. The molecule has 106 valence electrons. The van der Waals surface area contributed by atoms with E-state index in [1.165, 1.54) is 5.56 Å². The molecule has 2 rings (SSSR count). The fourth-order valence-corrected chi connectivity index (χ4v) is 2.96. The molecule has 0 bridgehead atoms. The molecule has 4 heteroatoms. The number of halogens is 1. The first-order valence-corrected chi connectivity index (χ1v) is 7.19. The van der Waals surface area contributed by atoms with E-state index in [0.29, 0.717) is 0 Å². The SMILES string of the molecule is COc1c(C)c(C)c(Cl)c(C)c1CN1CCNCC1. The highest BCUT2D eigenvalue weighted by molar-refractivity contribution is 6.32. The van der Waals surface area contributed by atoms with E-state index >= 15 is 0 Å². The van der Waals surface area contributed by atoms with Gasteiger partial charge in [-0.3, -0.25) is 4.90 Å². The Morgan fingerprint density at radius 2 is 1.74 bits per heavy atom. The van der Waals surface area contributed by atoms with Gasteiger partial charge in [0.05, 0.1) is 7.11 Å². The van der Waals surface area contributed by atoms with Crippen LogP contribution in [0.1, 0.15) is 22.3 Å². The number of nitrogens with one attached hydrogen (secondary N) is 1.